The molecule has 2 aromatic carbocycles. The number of benzene rings is 2. The van der Waals surface area contributed by atoms with Gasteiger partial charge in [-0.1, -0.05) is 42.0 Å². The van der Waals surface area contributed by atoms with Crippen LogP contribution in [0.3, 0.4) is 0 Å². The summed E-state index contributed by atoms with van der Waals surface area (Å²) in [5.41, 5.74) is 3.66. The van der Waals surface area contributed by atoms with Crippen LogP contribution < -0.4 is 15.4 Å². The molecule has 5 nitrogen and oxygen atoms in total. The third kappa shape index (κ3) is 8.05. The van der Waals surface area contributed by atoms with Crippen molar-refractivity contribution >= 4 is 29.9 Å². The summed E-state index contributed by atoms with van der Waals surface area (Å²) in [4.78, 5) is 4.26. The second-order valence-electron chi connectivity index (χ2n) is 5.75. The van der Waals surface area contributed by atoms with Crippen molar-refractivity contribution in [1.29, 1.82) is 0 Å². The lowest BCUT2D eigenvalue weighted by Crippen LogP contribution is -2.36. The zero-order chi connectivity index (χ0) is 17.9. The predicted octanol–water partition coefficient (Wildman–Crippen LogP) is 3.50. The quantitative estimate of drug-likeness (QED) is 0.269. The molecule has 0 bridgehead atoms. The Morgan fingerprint density at radius 3 is 1.92 bits per heavy atom. The third-order valence-corrected chi connectivity index (χ3v) is 3.74. The fourth-order valence-corrected chi connectivity index (χ4v) is 2.24. The van der Waals surface area contributed by atoms with Crippen molar-refractivity contribution in [2.75, 3.05) is 27.4 Å². The molecule has 0 amide bonds. The maximum Gasteiger partial charge on any atom is 0.191 e. The Kier molecular flexibility index (Phi) is 10.7. The van der Waals surface area contributed by atoms with Gasteiger partial charge in [-0.05, 0) is 30.2 Å². The molecule has 0 aliphatic heterocycles. The lowest BCUT2D eigenvalue weighted by molar-refractivity contribution is 0.146. The average Bonchev–Trinajstić information content (AvgIpc) is 2.64. The fraction of sp³-hybridized carbons (Fsp3) is 0.350. The Balaban J connectivity index is 0.00000338. The first-order valence-electron chi connectivity index (χ1n) is 8.42. The van der Waals surface area contributed by atoms with Crippen LogP contribution in [-0.2, 0) is 17.8 Å². The van der Waals surface area contributed by atoms with Gasteiger partial charge in [-0.3, -0.25) is 4.99 Å². The second kappa shape index (κ2) is 12.5. The second-order valence-corrected chi connectivity index (χ2v) is 5.75. The summed E-state index contributed by atoms with van der Waals surface area (Å²) in [6, 6.07) is 16.5. The van der Waals surface area contributed by atoms with Crippen molar-refractivity contribution in [2.45, 2.75) is 20.0 Å². The molecule has 0 heterocycles. The third-order valence-electron chi connectivity index (χ3n) is 3.74. The molecule has 2 N–H and O–H groups in total. The van der Waals surface area contributed by atoms with Gasteiger partial charge in [-0.2, -0.15) is 0 Å². The van der Waals surface area contributed by atoms with Gasteiger partial charge in [0.25, 0.3) is 0 Å². The van der Waals surface area contributed by atoms with Gasteiger partial charge in [-0.25, -0.2) is 0 Å². The van der Waals surface area contributed by atoms with Crippen LogP contribution in [0.2, 0.25) is 0 Å². The highest BCUT2D eigenvalue weighted by Crippen LogP contribution is 2.12. The van der Waals surface area contributed by atoms with Crippen LogP contribution in [0.1, 0.15) is 16.7 Å². The van der Waals surface area contributed by atoms with Crippen molar-refractivity contribution in [3.63, 3.8) is 0 Å². The molecule has 0 aliphatic carbocycles. The zero-order valence-electron chi connectivity index (χ0n) is 15.6. The molecule has 0 radical (unpaired) electrons. The molecule has 6 heteroatoms. The minimum atomic E-state index is 0. The van der Waals surface area contributed by atoms with Gasteiger partial charge in [0, 0.05) is 27.2 Å². The standard InChI is InChI=1S/C20H27N3O2.HI/c1-16-4-6-17(7-5-16)14-22-20(21-2)23-15-18-8-10-19(11-9-18)25-13-12-24-3;/h4-11H,12-15H2,1-3H3,(H2,21,22,23);1H. The number of methoxy groups -OCH3 is 1. The van der Waals surface area contributed by atoms with E-state index in [1.165, 1.54) is 11.1 Å². The van der Waals surface area contributed by atoms with Gasteiger partial charge in [-0.15, -0.1) is 24.0 Å². The molecule has 2 rings (SSSR count). The molecule has 0 saturated heterocycles. The Morgan fingerprint density at radius 2 is 1.42 bits per heavy atom. The SMILES string of the molecule is CN=C(NCc1ccc(C)cc1)NCc1ccc(OCCOC)cc1.I. The molecule has 0 unspecified atom stereocenters. The summed E-state index contributed by atoms with van der Waals surface area (Å²) >= 11 is 0. The maximum absolute atomic E-state index is 5.56. The van der Waals surface area contributed by atoms with Crippen LogP contribution in [0.5, 0.6) is 5.75 Å². The zero-order valence-corrected chi connectivity index (χ0v) is 17.9. The number of nitrogens with one attached hydrogen (secondary N) is 2. The Hall–Kier alpha value is -1.80. The minimum absolute atomic E-state index is 0. The van der Waals surface area contributed by atoms with Crippen molar-refractivity contribution in [1.82, 2.24) is 10.6 Å². The molecule has 0 aromatic heterocycles. The largest absolute Gasteiger partial charge is 0.491 e. The minimum Gasteiger partial charge on any atom is -0.491 e. The number of aliphatic imine (C=N–C) groups is 1. The first-order chi connectivity index (χ1) is 12.2. The number of hydrogen-bond donors (Lipinski definition) is 2. The average molecular weight is 469 g/mol. The van der Waals surface area contributed by atoms with E-state index >= 15 is 0 Å². The highest BCUT2D eigenvalue weighted by Gasteiger charge is 2.00. The van der Waals surface area contributed by atoms with E-state index in [9.17, 15) is 0 Å². The van der Waals surface area contributed by atoms with Gasteiger partial charge < -0.3 is 20.1 Å². The Labute approximate surface area is 173 Å². The number of hydrogen-bond acceptors (Lipinski definition) is 3. The number of nitrogens with zero attached hydrogens (tertiary/aromatic N) is 1. The monoisotopic (exact) mass is 469 g/mol. The van der Waals surface area contributed by atoms with Crippen LogP contribution >= 0.6 is 24.0 Å². The van der Waals surface area contributed by atoms with E-state index in [-0.39, 0.29) is 24.0 Å². The lowest BCUT2D eigenvalue weighted by atomic mass is 10.1. The molecule has 0 aliphatic rings. The molecular weight excluding hydrogens is 441 g/mol. The van der Waals surface area contributed by atoms with Crippen molar-refractivity contribution in [3.05, 3.63) is 65.2 Å². The molecule has 2 aromatic rings. The smallest absolute Gasteiger partial charge is 0.191 e. The summed E-state index contributed by atoms with van der Waals surface area (Å²) in [6.45, 7) is 4.68. The topological polar surface area (TPSA) is 54.9 Å². The van der Waals surface area contributed by atoms with Gasteiger partial charge in [0.05, 0.1) is 6.61 Å². The van der Waals surface area contributed by atoms with Crippen LogP contribution in [-0.4, -0.2) is 33.3 Å². The van der Waals surface area contributed by atoms with Crippen LogP contribution in [0.4, 0.5) is 0 Å². The summed E-state index contributed by atoms with van der Waals surface area (Å²) in [7, 11) is 3.44. The van der Waals surface area contributed by atoms with Crippen molar-refractivity contribution in [3.8, 4) is 5.75 Å². The summed E-state index contributed by atoms with van der Waals surface area (Å²) < 4.78 is 10.5. The molecule has 26 heavy (non-hydrogen) atoms. The first kappa shape index (κ1) is 22.2. The van der Waals surface area contributed by atoms with E-state index in [4.69, 9.17) is 9.47 Å². The van der Waals surface area contributed by atoms with Gasteiger partial charge >= 0.3 is 0 Å². The normalized spacial score (nSPS) is 10.8. The summed E-state index contributed by atoms with van der Waals surface area (Å²) in [5.74, 6) is 1.63. The van der Waals surface area contributed by atoms with Gasteiger partial charge in [0.15, 0.2) is 5.96 Å². The Morgan fingerprint density at radius 1 is 0.885 bits per heavy atom. The van der Waals surface area contributed by atoms with E-state index in [0.717, 1.165) is 23.8 Å². The molecular formula is C20H28IN3O2. The highest BCUT2D eigenvalue weighted by molar-refractivity contribution is 14.0. The number of guanidine groups is 1. The summed E-state index contributed by atoms with van der Waals surface area (Å²) in [5, 5.41) is 6.64. The number of rotatable bonds is 8. The maximum atomic E-state index is 5.56. The van der Waals surface area contributed by atoms with Crippen LogP contribution in [0, 0.1) is 6.92 Å². The van der Waals surface area contributed by atoms with Crippen molar-refractivity contribution in [2.24, 2.45) is 4.99 Å². The number of halogens is 1. The summed E-state index contributed by atoms with van der Waals surface area (Å²) in [6.07, 6.45) is 0. The van der Waals surface area contributed by atoms with Crippen LogP contribution in [0.25, 0.3) is 0 Å². The predicted molar refractivity (Wildman–Crippen MR) is 117 cm³/mol. The number of ether oxygens (including phenoxy) is 2. The lowest BCUT2D eigenvalue weighted by Gasteiger charge is -2.12. The first-order valence-corrected chi connectivity index (χ1v) is 8.42. The van der Waals surface area contributed by atoms with Gasteiger partial charge in [0.1, 0.15) is 12.4 Å². The molecule has 0 fully saturated rings. The molecule has 142 valence electrons. The van der Waals surface area contributed by atoms with E-state index in [1.54, 1.807) is 14.2 Å². The van der Waals surface area contributed by atoms with E-state index in [1.807, 2.05) is 24.3 Å². The van der Waals surface area contributed by atoms with Gasteiger partial charge in [0.2, 0.25) is 0 Å². The van der Waals surface area contributed by atoms with Crippen molar-refractivity contribution < 1.29 is 9.47 Å². The fourth-order valence-electron chi connectivity index (χ4n) is 2.24. The molecule has 0 spiro atoms. The highest BCUT2D eigenvalue weighted by atomic mass is 127. The Bertz CT molecular complexity index is 658. The molecule has 0 atom stereocenters. The van der Waals surface area contributed by atoms with Crippen LogP contribution in [0.15, 0.2) is 53.5 Å². The van der Waals surface area contributed by atoms with E-state index in [2.05, 4.69) is 46.8 Å². The van der Waals surface area contributed by atoms with E-state index < -0.39 is 0 Å². The van der Waals surface area contributed by atoms with E-state index in [0.29, 0.717) is 19.8 Å². The molecule has 0 saturated carbocycles. The number of aryl methyl sites for hydroxylation is 1.